The average molecular weight is 288 g/mol. The number of hydrazine groups is 1. The number of rotatable bonds is 4. The molecule has 18 heavy (non-hydrogen) atoms. The van der Waals surface area contributed by atoms with E-state index in [-0.39, 0.29) is 12.0 Å². The largest absolute Gasteiger partial charge is 0.375 e. The molecule has 2 rings (SSSR count). The molecule has 1 saturated heterocycles. The Morgan fingerprint density at radius 3 is 3.06 bits per heavy atom. The number of carbonyl (C=O) groups is 1. The molecule has 1 amide bonds. The van der Waals surface area contributed by atoms with Crippen molar-refractivity contribution in [2.45, 2.75) is 36.2 Å². The number of aromatic nitrogens is 1. The maximum absolute atomic E-state index is 11.3. The van der Waals surface area contributed by atoms with Crippen molar-refractivity contribution in [3.05, 3.63) is 5.69 Å². The van der Waals surface area contributed by atoms with E-state index in [1.54, 1.807) is 11.8 Å². The van der Waals surface area contributed by atoms with Gasteiger partial charge in [0, 0.05) is 5.75 Å². The van der Waals surface area contributed by atoms with Gasteiger partial charge in [-0.1, -0.05) is 11.3 Å². The highest BCUT2D eigenvalue weighted by atomic mass is 32.2. The molecule has 8 heteroatoms. The van der Waals surface area contributed by atoms with Crippen LogP contribution in [-0.4, -0.2) is 28.9 Å². The van der Waals surface area contributed by atoms with Gasteiger partial charge in [0.25, 0.3) is 5.91 Å². The zero-order valence-electron chi connectivity index (χ0n) is 10.0. The van der Waals surface area contributed by atoms with Gasteiger partial charge in [-0.3, -0.25) is 10.2 Å². The summed E-state index contributed by atoms with van der Waals surface area (Å²) in [6, 6.07) is 0. The van der Waals surface area contributed by atoms with Crippen molar-refractivity contribution < 1.29 is 9.53 Å². The quantitative estimate of drug-likeness (QED) is 0.325. The number of amides is 1. The van der Waals surface area contributed by atoms with Gasteiger partial charge in [-0.2, -0.15) is 0 Å². The van der Waals surface area contributed by atoms with E-state index in [1.165, 1.54) is 11.3 Å². The molecule has 2 atom stereocenters. The lowest BCUT2D eigenvalue weighted by Crippen LogP contribution is -2.39. The molecule has 0 radical (unpaired) electrons. The van der Waals surface area contributed by atoms with Gasteiger partial charge >= 0.3 is 0 Å². The molecule has 1 aliphatic heterocycles. The Morgan fingerprint density at radius 1 is 1.67 bits per heavy atom. The number of hydrogen-bond donors (Lipinski definition) is 3. The Hall–Kier alpha value is -0.830. The van der Waals surface area contributed by atoms with E-state index in [4.69, 9.17) is 16.3 Å². The number of carbonyl (C=O) groups excluding carboxylic acids is 1. The average Bonchev–Trinajstić information content (AvgIpc) is 2.92. The van der Waals surface area contributed by atoms with Crippen molar-refractivity contribution in [1.29, 1.82) is 0 Å². The Bertz CT molecular complexity index is 438. The number of ether oxygens (including phenoxy) is 1. The first-order chi connectivity index (χ1) is 8.60. The lowest BCUT2D eigenvalue weighted by atomic mass is 10.2. The molecule has 0 aromatic carbocycles. The van der Waals surface area contributed by atoms with Gasteiger partial charge in [0.05, 0.1) is 16.0 Å². The molecule has 0 aliphatic carbocycles. The van der Waals surface area contributed by atoms with Crippen LogP contribution in [0.2, 0.25) is 0 Å². The van der Waals surface area contributed by atoms with E-state index in [1.807, 2.05) is 6.92 Å². The number of nitrogen functional groups attached to an aromatic ring is 1. The van der Waals surface area contributed by atoms with Crippen LogP contribution in [-0.2, 0) is 9.53 Å². The molecule has 2 unspecified atom stereocenters. The van der Waals surface area contributed by atoms with Crippen LogP contribution in [0.3, 0.4) is 0 Å². The van der Waals surface area contributed by atoms with Gasteiger partial charge in [-0.05, 0) is 19.8 Å². The lowest BCUT2D eigenvalue weighted by Gasteiger charge is -2.11. The standard InChI is InChI=1S/C10H16N4O2S2/c1-5-9(18-10(11)13-5)17-4-6-2-3-7(16-6)8(15)14-12/h6-7H,2-4,12H2,1H3,(H2,11,13)(H,14,15). The van der Waals surface area contributed by atoms with Crippen LogP contribution in [0.15, 0.2) is 4.21 Å². The van der Waals surface area contributed by atoms with Crippen LogP contribution in [0.1, 0.15) is 18.5 Å². The third kappa shape index (κ3) is 3.14. The van der Waals surface area contributed by atoms with Crippen LogP contribution in [0.25, 0.3) is 0 Å². The summed E-state index contributed by atoms with van der Waals surface area (Å²) >= 11 is 3.16. The van der Waals surface area contributed by atoms with Crippen LogP contribution >= 0.6 is 23.1 Å². The van der Waals surface area contributed by atoms with E-state index >= 15 is 0 Å². The lowest BCUT2D eigenvalue weighted by molar-refractivity contribution is -0.131. The van der Waals surface area contributed by atoms with Crippen molar-refractivity contribution in [2.75, 3.05) is 11.5 Å². The molecule has 6 nitrogen and oxygen atoms in total. The van der Waals surface area contributed by atoms with E-state index in [0.717, 1.165) is 28.5 Å². The summed E-state index contributed by atoms with van der Waals surface area (Å²) in [6.45, 7) is 1.94. The molecule has 1 aromatic rings. The third-order valence-corrected chi connectivity index (χ3v) is 5.19. The topological polar surface area (TPSA) is 103 Å². The van der Waals surface area contributed by atoms with Crippen molar-refractivity contribution in [3.63, 3.8) is 0 Å². The highest BCUT2D eigenvalue weighted by molar-refractivity contribution is 8.01. The number of thiazole rings is 1. The number of nitrogens with one attached hydrogen (secondary N) is 1. The molecule has 100 valence electrons. The van der Waals surface area contributed by atoms with Crippen LogP contribution in [0.4, 0.5) is 5.13 Å². The molecule has 0 bridgehead atoms. The minimum atomic E-state index is -0.409. The minimum absolute atomic E-state index is 0.0834. The summed E-state index contributed by atoms with van der Waals surface area (Å²) in [6.07, 6.45) is 1.27. The van der Waals surface area contributed by atoms with E-state index < -0.39 is 6.10 Å². The van der Waals surface area contributed by atoms with E-state index in [9.17, 15) is 4.79 Å². The second kappa shape index (κ2) is 5.87. The maximum Gasteiger partial charge on any atom is 0.263 e. The summed E-state index contributed by atoms with van der Waals surface area (Å²) in [5, 5.41) is 0.586. The monoisotopic (exact) mass is 288 g/mol. The van der Waals surface area contributed by atoms with Crippen molar-refractivity contribution in [1.82, 2.24) is 10.4 Å². The van der Waals surface area contributed by atoms with Crippen LogP contribution < -0.4 is 17.0 Å². The predicted octanol–water partition coefficient (Wildman–Crippen LogP) is 0.663. The molecule has 0 spiro atoms. The van der Waals surface area contributed by atoms with E-state index in [0.29, 0.717) is 5.13 Å². The normalized spacial score (nSPS) is 23.2. The van der Waals surface area contributed by atoms with Crippen molar-refractivity contribution in [3.8, 4) is 0 Å². The summed E-state index contributed by atoms with van der Waals surface area (Å²) in [5.41, 5.74) is 8.71. The smallest absolute Gasteiger partial charge is 0.263 e. The van der Waals surface area contributed by atoms with Crippen molar-refractivity contribution in [2.24, 2.45) is 5.84 Å². The molecule has 0 saturated carbocycles. The first-order valence-corrected chi connectivity index (χ1v) is 7.42. The number of anilines is 1. The van der Waals surface area contributed by atoms with Gasteiger partial charge in [0.2, 0.25) is 0 Å². The van der Waals surface area contributed by atoms with Crippen LogP contribution in [0.5, 0.6) is 0 Å². The summed E-state index contributed by atoms with van der Waals surface area (Å²) in [7, 11) is 0. The van der Waals surface area contributed by atoms with Gasteiger partial charge in [0.15, 0.2) is 5.13 Å². The fourth-order valence-electron chi connectivity index (χ4n) is 1.82. The molecular weight excluding hydrogens is 272 g/mol. The van der Waals surface area contributed by atoms with Gasteiger partial charge in [0.1, 0.15) is 6.10 Å². The second-order valence-electron chi connectivity index (χ2n) is 4.07. The van der Waals surface area contributed by atoms with Gasteiger partial charge in [-0.15, -0.1) is 11.8 Å². The van der Waals surface area contributed by atoms with Gasteiger partial charge < -0.3 is 10.5 Å². The van der Waals surface area contributed by atoms with Crippen molar-refractivity contribution >= 4 is 34.1 Å². The Morgan fingerprint density at radius 2 is 2.44 bits per heavy atom. The summed E-state index contributed by atoms with van der Waals surface area (Å²) < 4.78 is 6.74. The predicted molar refractivity (Wildman–Crippen MR) is 72.2 cm³/mol. The van der Waals surface area contributed by atoms with Crippen LogP contribution in [0, 0.1) is 6.92 Å². The first kappa shape index (κ1) is 13.6. The number of nitrogens with two attached hydrogens (primary N) is 2. The molecule has 2 heterocycles. The summed E-state index contributed by atoms with van der Waals surface area (Å²) in [4.78, 5) is 15.5. The molecular formula is C10H16N4O2S2. The number of hydrogen-bond acceptors (Lipinski definition) is 7. The fourth-order valence-corrected chi connectivity index (χ4v) is 3.92. The number of aryl methyl sites for hydroxylation is 1. The van der Waals surface area contributed by atoms with Gasteiger partial charge in [-0.25, -0.2) is 10.8 Å². The highest BCUT2D eigenvalue weighted by Crippen LogP contribution is 2.33. The Labute approximate surface area is 113 Å². The maximum atomic E-state index is 11.3. The highest BCUT2D eigenvalue weighted by Gasteiger charge is 2.30. The Kier molecular flexibility index (Phi) is 4.44. The zero-order valence-corrected chi connectivity index (χ0v) is 11.6. The Balaban J connectivity index is 1.82. The fraction of sp³-hybridized carbons (Fsp3) is 0.600. The molecule has 1 aliphatic rings. The second-order valence-corrected chi connectivity index (χ2v) is 6.39. The number of nitrogens with zero attached hydrogens (tertiary/aromatic N) is 1. The minimum Gasteiger partial charge on any atom is -0.375 e. The SMILES string of the molecule is Cc1nc(N)sc1SCC1CCC(C(=O)NN)O1. The molecule has 1 fully saturated rings. The first-order valence-electron chi connectivity index (χ1n) is 5.61. The third-order valence-electron chi connectivity index (χ3n) is 2.71. The van der Waals surface area contributed by atoms with E-state index in [2.05, 4.69) is 10.4 Å². The summed E-state index contributed by atoms with van der Waals surface area (Å²) in [5.74, 6) is 5.63. The zero-order chi connectivity index (χ0) is 13.1. The molecule has 1 aromatic heterocycles. The molecule has 5 N–H and O–H groups in total. The number of thioether (sulfide) groups is 1.